The van der Waals surface area contributed by atoms with Gasteiger partial charge in [-0.25, -0.2) is 0 Å². The molecule has 0 unspecified atom stereocenters. The Bertz CT molecular complexity index is 612. The van der Waals surface area contributed by atoms with Gasteiger partial charge in [-0.1, -0.05) is 26.0 Å². The minimum Gasteiger partial charge on any atom is -0.456 e. The topological polar surface area (TPSA) is 33.0 Å². The number of rotatable bonds is 3. The maximum absolute atomic E-state index is 8.81. The van der Waals surface area contributed by atoms with E-state index in [4.69, 9.17) is 10.00 Å². The van der Waals surface area contributed by atoms with Crippen molar-refractivity contribution in [3.05, 3.63) is 58.1 Å². The van der Waals surface area contributed by atoms with Gasteiger partial charge in [0, 0.05) is 0 Å². The predicted octanol–water partition coefficient (Wildman–Crippen LogP) is 5.24. The van der Waals surface area contributed by atoms with E-state index < -0.39 is 0 Å². The second kappa shape index (κ2) is 5.90. The minimum absolute atomic E-state index is 0.510. The lowest BCUT2D eigenvalue weighted by atomic mass is 10.0. The quantitative estimate of drug-likeness (QED) is 0.776. The Kier molecular flexibility index (Phi) is 4.24. The lowest BCUT2D eigenvalue weighted by Gasteiger charge is -2.10. The second-order valence-electron chi connectivity index (χ2n) is 4.58. The molecule has 2 aromatic rings. The highest BCUT2D eigenvalue weighted by Crippen LogP contribution is 2.31. The van der Waals surface area contributed by atoms with Gasteiger partial charge in [0.2, 0.25) is 0 Å². The van der Waals surface area contributed by atoms with Gasteiger partial charge >= 0.3 is 0 Å². The molecule has 0 aliphatic rings. The zero-order chi connectivity index (χ0) is 13.8. The van der Waals surface area contributed by atoms with E-state index in [1.165, 1.54) is 5.56 Å². The lowest BCUT2D eigenvalue weighted by Crippen LogP contribution is -1.89. The molecule has 0 spiro atoms. The smallest absolute Gasteiger partial charge is 0.141 e. The molecule has 0 atom stereocenters. The Morgan fingerprint density at radius 1 is 1.11 bits per heavy atom. The number of nitrogens with zero attached hydrogens (tertiary/aromatic N) is 1. The van der Waals surface area contributed by atoms with Crippen molar-refractivity contribution >= 4 is 15.9 Å². The molecule has 0 N–H and O–H groups in total. The van der Waals surface area contributed by atoms with Crippen LogP contribution in [0.5, 0.6) is 11.5 Å². The van der Waals surface area contributed by atoms with Crippen molar-refractivity contribution in [2.75, 3.05) is 0 Å². The average molecular weight is 316 g/mol. The van der Waals surface area contributed by atoms with Gasteiger partial charge in [-0.05, 0) is 57.7 Å². The van der Waals surface area contributed by atoms with E-state index in [1.54, 1.807) is 18.2 Å². The van der Waals surface area contributed by atoms with Crippen LogP contribution in [-0.4, -0.2) is 0 Å². The Morgan fingerprint density at radius 3 is 2.32 bits per heavy atom. The van der Waals surface area contributed by atoms with Crippen LogP contribution in [-0.2, 0) is 0 Å². The summed E-state index contributed by atoms with van der Waals surface area (Å²) in [4.78, 5) is 0. The van der Waals surface area contributed by atoms with E-state index in [2.05, 4.69) is 48.0 Å². The highest BCUT2D eigenvalue weighted by atomic mass is 79.9. The number of ether oxygens (including phenoxy) is 1. The Hall–Kier alpha value is -1.79. The summed E-state index contributed by atoms with van der Waals surface area (Å²) in [6, 6.07) is 15.4. The molecule has 0 aliphatic carbocycles. The van der Waals surface area contributed by atoms with E-state index >= 15 is 0 Å². The van der Waals surface area contributed by atoms with Gasteiger partial charge in [-0.3, -0.25) is 0 Å². The first-order valence-corrected chi connectivity index (χ1v) is 6.87. The minimum atomic E-state index is 0.510. The molecule has 0 heterocycles. The van der Waals surface area contributed by atoms with Crippen LogP contribution >= 0.6 is 15.9 Å². The largest absolute Gasteiger partial charge is 0.456 e. The van der Waals surface area contributed by atoms with Crippen molar-refractivity contribution in [1.29, 1.82) is 5.26 Å². The molecule has 0 amide bonds. The summed E-state index contributed by atoms with van der Waals surface area (Å²) >= 11 is 3.41. The van der Waals surface area contributed by atoms with Crippen LogP contribution in [0.15, 0.2) is 46.9 Å². The monoisotopic (exact) mass is 315 g/mol. The molecule has 3 heteroatoms. The van der Waals surface area contributed by atoms with Gasteiger partial charge in [0.25, 0.3) is 0 Å². The van der Waals surface area contributed by atoms with Crippen LogP contribution in [0.25, 0.3) is 0 Å². The van der Waals surface area contributed by atoms with Gasteiger partial charge in [0.05, 0.1) is 16.1 Å². The van der Waals surface area contributed by atoms with Crippen molar-refractivity contribution in [3.63, 3.8) is 0 Å². The molecule has 96 valence electrons. The zero-order valence-electron chi connectivity index (χ0n) is 10.9. The number of hydrogen-bond acceptors (Lipinski definition) is 2. The summed E-state index contributed by atoms with van der Waals surface area (Å²) in [5, 5.41) is 8.81. The second-order valence-corrected chi connectivity index (χ2v) is 5.44. The van der Waals surface area contributed by atoms with Crippen molar-refractivity contribution in [2.24, 2.45) is 0 Å². The van der Waals surface area contributed by atoms with Gasteiger partial charge in [-0.2, -0.15) is 5.26 Å². The molecule has 0 saturated heterocycles. The predicted molar refractivity (Wildman–Crippen MR) is 79.5 cm³/mol. The molecule has 0 aliphatic heterocycles. The lowest BCUT2D eigenvalue weighted by molar-refractivity contribution is 0.479. The summed E-state index contributed by atoms with van der Waals surface area (Å²) in [5.41, 5.74) is 1.89. The third kappa shape index (κ3) is 3.36. The molecule has 0 radical (unpaired) electrons. The fourth-order valence-electron chi connectivity index (χ4n) is 1.70. The molecule has 0 aromatic heterocycles. The van der Waals surface area contributed by atoms with E-state index in [-0.39, 0.29) is 0 Å². The van der Waals surface area contributed by atoms with Crippen LogP contribution in [0.4, 0.5) is 0 Å². The van der Waals surface area contributed by atoms with E-state index in [0.717, 1.165) is 10.2 Å². The maximum atomic E-state index is 8.81. The maximum Gasteiger partial charge on any atom is 0.141 e. The summed E-state index contributed by atoms with van der Waals surface area (Å²) in [7, 11) is 0. The van der Waals surface area contributed by atoms with Crippen LogP contribution in [0.2, 0.25) is 0 Å². The van der Waals surface area contributed by atoms with Crippen molar-refractivity contribution in [3.8, 4) is 17.6 Å². The van der Waals surface area contributed by atoms with Crippen molar-refractivity contribution < 1.29 is 4.74 Å². The molecule has 2 nitrogen and oxygen atoms in total. The Balaban J connectivity index is 2.19. The third-order valence-corrected chi connectivity index (χ3v) is 3.46. The van der Waals surface area contributed by atoms with E-state index in [1.807, 2.05) is 12.1 Å². The zero-order valence-corrected chi connectivity index (χ0v) is 12.4. The summed E-state index contributed by atoms with van der Waals surface area (Å²) in [6.07, 6.45) is 0. The summed E-state index contributed by atoms with van der Waals surface area (Å²) < 4.78 is 6.56. The highest BCUT2D eigenvalue weighted by molar-refractivity contribution is 9.10. The Morgan fingerprint density at radius 2 is 1.79 bits per heavy atom. The van der Waals surface area contributed by atoms with Crippen molar-refractivity contribution in [1.82, 2.24) is 0 Å². The normalized spacial score (nSPS) is 10.3. The van der Waals surface area contributed by atoms with Crippen LogP contribution in [0.1, 0.15) is 30.9 Å². The number of benzene rings is 2. The van der Waals surface area contributed by atoms with Crippen molar-refractivity contribution in [2.45, 2.75) is 19.8 Å². The highest BCUT2D eigenvalue weighted by Gasteiger charge is 2.05. The van der Waals surface area contributed by atoms with Crippen LogP contribution in [0, 0.1) is 11.3 Å². The fraction of sp³-hybridized carbons (Fsp3) is 0.188. The first kappa shape index (κ1) is 13.6. The van der Waals surface area contributed by atoms with E-state index in [0.29, 0.717) is 17.2 Å². The van der Waals surface area contributed by atoms with Gasteiger partial charge in [0.15, 0.2) is 0 Å². The van der Waals surface area contributed by atoms with Gasteiger partial charge in [-0.15, -0.1) is 0 Å². The van der Waals surface area contributed by atoms with Gasteiger partial charge < -0.3 is 4.74 Å². The molecular formula is C16H14BrNO. The van der Waals surface area contributed by atoms with Crippen LogP contribution in [0.3, 0.4) is 0 Å². The summed E-state index contributed by atoms with van der Waals surface area (Å²) in [6.45, 7) is 4.32. The SMILES string of the molecule is CC(C)c1ccc(Oc2ccc(C#N)cc2Br)cc1. The fourth-order valence-corrected chi connectivity index (χ4v) is 2.16. The number of nitriles is 1. The molecule has 0 bridgehead atoms. The Labute approximate surface area is 121 Å². The molecular weight excluding hydrogens is 302 g/mol. The third-order valence-electron chi connectivity index (χ3n) is 2.84. The van der Waals surface area contributed by atoms with Crippen LogP contribution < -0.4 is 4.74 Å². The molecule has 2 rings (SSSR count). The number of halogens is 1. The average Bonchev–Trinajstić information content (AvgIpc) is 2.41. The molecule has 0 fully saturated rings. The molecule has 0 saturated carbocycles. The number of hydrogen-bond donors (Lipinski definition) is 0. The van der Waals surface area contributed by atoms with E-state index in [9.17, 15) is 0 Å². The first-order valence-electron chi connectivity index (χ1n) is 6.07. The molecule has 2 aromatic carbocycles. The summed E-state index contributed by atoms with van der Waals surface area (Å²) in [5.74, 6) is 2.00. The first-order chi connectivity index (χ1) is 9.10. The van der Waals surface area contributed by atoms with Gasteiger partial charge in [0.1, 0.15) is 11.5 Å². The molecule has 19 heavy (non-hydrogen) atoms. The standard InChI is InChI=1S/C16H14BrNO/c1-11(2)13-4-6-14(7-5-13)19-16-8-3-12(10-18)9-15(16)17/h3-9,11H,1-2H3.